The maximum Gasteiger partial charge on any atom is 0.136 e. The summed E-state index contributed by atoms with van der Waals surface area (Å²) in [6.45, 7) is 2.03. The molecule has 1 N–H and O–H groups in total. The smallest absolute Gasteiger partial charge is 0.136 e. The minimum absolute atomic E-state index is 0.519. The van der Waals surface area contributed by atoms with E-state index in [1.807, 2.05) is 19.0 Å². The highest BCUT2D eigenvalue weighted by Crippen LogP contribution is 2.20. The summed E-state index contributed by atoms with van der Waals surface area (Å²) in [6.07, 6.45) is 1.67. The van der Waals surface area contributed by atoms with Gasteiger partial charge in [0.2, 0.25) is 0 Å². The van der Waals surface area contributed by atoms with E-state index >= 15 is 0 Å². The van der Waals surface area contributed by atoms with Crippen LogP contribution in [0.2, 0.25) is 0 Å². The highest BCUT2D eigenvalue weighted by molar-refractivity contribution is 4.87. The summed E-state index contributed by atoms with van der Waals surface area (Å²) in [7, 11) is 3.83. The van der Waals surface area contributed by atoms with E-state index in [0.717, 1.165) is 13.0 Å². The van der Waals surface area contributed by atoms with Gasteiger partial charge >= 0.3 is 0 Å². The van der Waals surface area contributed by atoms with Gasteiger partial charge in [-0.1, -0.05) is 0 Å². The number of nitrogens with zero attached hydrogens (tertiary/aromatic N) is 1. The Kier molecular flexibility index (Phi) is 2.84. The Morgan fingerprint density at radius 2 is 2.27 bits per heavy atom. The lowest BCUT2D eigenvalue weighted by molar-refractivity contribution is 0.0866. The van der Waals surface area contributed by atoms with Crippen molar-refractivity contribution < 1.29 is 4.39 Å². The molecule has 1 aliphatic heterocycles. The lowest BCUT2D eigenvalue weighted by Crippen LogP contribution is -2.48. The molecule has 0 amide bonds. The molecule has 66 valence electrons. The van der Waals surface area contributed by atoms with Crippen molar-refractivity contribution in [3.8, 4) is 0 Å². The summed E-state index contributed by atoms with van der Waals surface area (Å²) in [6, 6.07) is 0. The van der Waals surface area contributed by atoms with Crippen LogP contribution < -0.4 is 5.32 Å². The first kappa shape index (κ1) is 8.94. The second-order valence-corrected chi connectivity index (χ2v) is 3.67. The van der Waals surface area contributed by atoms with Gasteiger partial charge in [-0.15, -0.1) is 0 Å². The number of hydrogen-bond donors (Lipinski definition) is 1. The van der Waals surface area contributed by atoms with Gasteiger partial charge < -0.3 is 10.2 Å². The maximum absolute atomic E-state index is 13.7. The Bertz CT molecular complexity index is 119. The second kappa shape index (κ2) is 3.50. The Morgan fingerprint density at radius 3 is 2.73 bits per heavy atom. The van der Waals surface area contributed by atoms with E-state index in [4.69, 9.17) is 0 Å². The number of halogens is 1. The topological polar surface area (TPSA) is 15.3 Å². The van der Waals surface area contributed by atoms with Gasteiger partial charge in [0.1, 0.15) is 5.67 Å². The third-order valence-corrected chi connectivity index (χ3v) is 2.02. The van der Waals surface area contributed by atoms with E-state index in [1.165, 1.54) is 0 Å². The minimum atomic E-state index is -0.984. The largest absolute Gasteiger partial charge is 0.313 e. The van der Waals surface area contributed by atoms with Crippen LogP contribution in [0.25, 0.3) is 0 Å². The zero-order chi connectivity index (χ0) is 8.32. The summed E-state index contributed by atoms with van der Waals surface area (Å²) < 4.78 is 13.7. The number of hydrogen-bond acceptors (Lipinski definition) is 2. The first-order valence-corrected chi connectivity index (χ1v) is 4.17. The molecule has 0 saturated carbocycles. The average molecular weight is 160 g/mol. The van der Waals surface area contributed by atoms with Crippen molar-refractivity contribution in [2.24, 2.45) is 0 Å². The fraction of sp³-hybridized carbons (Fsp3) is 1.00. The van der Waals surface area contributed by atoms with Gasteiger partial charge in [0.15, 0.2) is 0 Å². The fourth-order valence-corrected chi connectivity index (χ4v) is 1.63. The molecule has 3 heteroatoms. The van der Waals surface area contributed by atoms with Crippen molar-refractivity contribution >= 4 is 0 Å². The number of rotatable bonds is 2. The zero-order valence-electron chi connectivity index (χ0n) is 7.36. The molecule has 0 aliphatic carbocycles. The van der Waals surface area contributed by atoms with Gasteiger partial charge in [-0.05, 0) is 33.5 Å². The van der Waals surface area contributed by atoms with Crippen molar-refractivity contribution in [3.63, 3.8) is 0 Å². The lowest BCUT2D eigenvalue weighted by atomic mass is 9.96. The van der Waals surface area contributed by atoms with Gasteiger partial charge in [0, 0.05) is 13.1 Å². The van der Waals surface area contributed by atoms with Crippen molar-refractivity contribution in [3.05, 3.63) is 0 Å². The quantitative estimate of drug-likeness (QED) is 0.637. The zero-order valence-corrected chi connectivity index (χ0v) is 7.36. The molecule has 0 spiro atoms. The highest BCUT2D eigenvalue weighted by Gasteiger charge is 2.31. The van der Waals surface area contributed by atoms with Gasteiger partial charge in [0.25, 0.3) is 0 Å². The Hall–Kier alpha value is -0.150. The first-order chi connectivity index (χ1) is 5.12. The number of nitrogens with one attached hydrogen (secondary N) is 1. The molecular weight excluding hydrogens is 143 g/mol. The van der Waals surface area contributed by atoms with Crippen molar-refractivity contribution in [2.75, 3.05) is 33.7 Å². The van der Waals surface area contributed by atoms with Crippen LogP contribution in [0.15, 0.2) is 0 Å². The molecule has 1 atom stereocenters. The summed E-state index contributed by atoms with van der Waals surface area (Å²) in [5.41, 5.74) is -0.984. The van der Waals surface area contributed by atoms with E-state index < -0.39 is 5.67 Å². The standard InChI is InChI=1S/C8H17FN2/c1-11(2)7-8(9)4-3-5-10-6-8/h10H,3-7H2,1-2H3. The van der Waals surface area contributed by atoms with Crippen LogP contribution in [-0.4, -0.2) is 44.3 Å². The highest BCUT2D eigenvalue weighted by atomic mass is 19.1. The van der Waals surface area contributed by atoms with Gasteiger partial charge in [-0.3, -0.25) is 0 Å². The molecule has 1 saturated heterocycles. The SMILES string of the molecule is CN(C)CC1(F)CCCNC1. The van der Waals surface area contributed by atoms with Crippen LogP contribution in [0.4, 0.5) is 4.39 Å². The molecule has 2 nitrogen and oxygen atoms in total. The molecule has 0 bridgehead atoms. The van der Waals surface area contributed by atoms with Crippen LogP contribution in [0.1, 0.15) is 12.8 Å². The Balaban J connectivity index is 2.37. The van der Waals surface area contributed by atoms with Gasteiger partial charge in [-0.2, -0.15) is 0 Å². The summed E-state index contributed by atoms with van der Waals surface area (Å²) in [4.78, 5) is 1.91. The molecule has 0 radical (unpaired) electrons. The van der Waals surface area contributed by atoms with Crippen LogP contribution in [0, 0.1) is 0 Å². The van der Waals surface area contributed by atoms with Crippen LogP contribution in [-0.2, 0) is 0 Å². The molecule has 1 rings (SSSR count). The van der Waals surface area contributed by atoms with Crippen molar-refractivity contribution in [1.82, 2.24) is 10.2 Å². The van der Waals surface area contributed by atoms with E-state index in [1.54, 1.807) is 0 Å². The normalized spacial score (nSPS) is 32.7. The van der Waals surface area contributed by atoms with Gasteiger partial charge in [0.05, 0.1) is 0 Å². The molecule has 11 heavy (non-hydrogen) atoms. The maximum atomic E-state index is 13.7. The second-order valence-electron chi connectivity index (χ2n) is 3.67. The number of piperidine rings is 1. The van der Waals surface area contributed by atoms with Crippen LogP contribution >= 0.6 is 0 Å². The molecule has 1 heterocycles. The first-order valence-electron chi connectivity index (χ1n) is 4.17. The molecule has 0 aromatic carbocycles. The molecule has 1 aliphatic rings. The van der Waals surface area contributed by atoms with E-state index in [2.05, 4.69) is 5.32 Å². The van der Waals surface area contributed by atoms with E-state index in [0.29, 0.717) is 19.5 Å². The summed E-state index contributed by atoms with van der Waals surface area (Å²) in [5, 5.41) is 3.08. The molecule has 1 unspecified atom stereocenters. The van der Waals surface area contributed by atoms with Gasteiger partial charge in [-0.25, -0.2) is 4.39 Å². The Morgan fingerprint density at radius 1 is 1.55 bits per heavy atom. The summed E-state index contributed by atoms with van der Waals surface area (Å²) >= 11 is 0. The van der Waals surface area contributed by atoms with Crippen LogP contribution in [0.5, 0.6) is 0 Å². The average Bonchev–Trinajstić information content (AvgIpc) is 1.85. The molecule has 0 aromatic rings. The fourth-order valence-electron chi connectivity index (χ4n) is 1.63. The predicted molar refractivity (Wildman–Crippen MR) is 44.5 cm³/mol. The number of alkyl halides is 1. The van der Waals surface area contributed by atoms with E-state index in [-0.39, 0.29) is 0 Å². The summed E-state index contributed by atoms with van der Waals surface area (Å²) in [5.74, 6) is 0. The Labute approximate surface area is 67.8 Å². The lowest BCUT2D eigenvalue weighted by Gasteiger charge is -2.32. The van der Waals surface area contributed by atoms with E-state index in [9.17, 15) is 4.39 Å². The van der Waals surface area contributed by atoms with Crippen LogP contribution in [0.3, 0.4) is 0 Å². The van der Waals surface area contributed by atoms with Crippen molar-refractivity contribution in [2.45, 2.75) is 18.5 Å². The van der Waals surface area contributed by atoms with Crippen molar-refractivity contribution in [1.29, 1.82) is 0 Å². The third kappa shape index (κ3) is 2.75. The molecule has 0 aromatic heterocycles. The predicted octanol–water partition coefficient (Wildman–Crippen LogP) is 0.640. The minimum Gasteiger partial charge on any atom is -0.313 e. The monoisotopic (exact) mass is 160 g/mol. The third-order valence-electron chi connectivity index (χ3n) is 2.02. The molecular formula is C8H17FN2. The molecule has 1 fully saturated rings.